The number of H-pyrrole nitrogens is 1. The van der Waals surface area contributed by atoms with Crippen molar-refractivity contribution in [2.45, 2.75) is 69.0 Å². The van der Waals surface area contributed by atoms with E-state index >= 15 is 0 Å². The van der Waals surface area contributed by atoms with E-state index < -0.39 is 0 Å². The fourth-order valence-corrected chi connectivity index (χ4v) is 4.70. The molecule has 0 unspecified atom stereocenters. The zero-order chi connectivity index (χ0) is 22.5. The molecular formula is C23H29N7OS. The molecule has 1 saturated carbocycles. The molecule has 2 amide bonds. The molecular weight excluding hydrogens is 422 g/mol. The van der Waals surface area contributed by atoms with Crippen molar-refractivity contribution in [1.82, 2.24) is 25.5 Å². The maximum atomic E-state index is 12.3. The van der Waals surface area contributed by atoms with Crippen molar-refractivity contribution >= 4 is 35.1 Å². The molecule has 1 aliphatic rings. The van der Waals surface area contributed by atoms with Crippen LogP contribution >= 0.6 is 11.8 Å². The van der Waals surface area contributed by atoms with Crippen molar-refractivity contribution in [3.63, 3.8) is 0 Å². The Morgan fingerprint density at radius 2 is 1.84 bits per heavy atom. The van der Waals surface area contributed by atoms with Crippen LogP contribution in [-0.2, 0) is 0 Å². The zero-order valence-electron chi connectivity index (χ0n) is 18.7. The van der Waals surface area contributed by atoms with E-state index in [0.29, 0.717) is 11.0 Å². The second-order valence-corrected chi connectivity index (χ2v) is 9.25. The van der Waals surface area contributed by atoms with E-state index in [4.69, 9.17) is 0 Å². The average Bonchev–Trinajstić information content (AvgIpc) is 3.15. The molecule has 0 saturated heterocycles. The van der Waals surface area contributed by atoms with Gasteiger partial charge in [0, 0.05) is 34.5 Å². The van der Waals surface area contributed by atoms with Gasteiger partial charge in [-0.2, -0.15) is 5.10 Å². The number of benzene rings is 1. The van der Waals surface area contributed by atoms with Crippen molar-refractivity contribution in [3.8, 4) is 0 Å². The Morgan fingerprint density at radius 1 is 1.03 bits per heavy atom. The average molecular weight is 452 g/mol. The summed E-state index contributed by atoms with van der Waals surface area (Å²) in [6.07, 6.45) is 5.78. The largest absolute Gasteiger partial charge is 0.335 e. The maximum Gasteiger partial charge on any atom is 0.319 e. The minimum Gasteiger partial charge on any atom is -0.335 e. The summed E-state index contributed by atoms with van der Waals surface area (Å²) in [5.41, 5.74) is 3.61. The quantitative estimate of drug-likeness (QED) is 0.370. The van der Waals surface area contributed by atoms with Crippen molar-refractivity contribution in [2.24, 2.45) is 0 Å². The van der Waals surface area contributed by atoms with Gasteiger partial charge in [0.15, 0.2) is 5.16 Å². The Kier molecular flexibility index (Phi) is 6.94. The van der Waals surface area contributed by atoms with E-state index in [2.05, 4.69) is 36.1 Å². The normalized spacial score (nSPS) is 14.2. The van der Waals surface area contributed by atoms with E-state index in [0.717, 1.165) is 46.2 Å². The number of aromatic amines is 1. The molecule has 0 spiro atoms. The number of aromatic nitrogens is 4. The molecule has 0 atom stereocenters. The van der Waals surface area contributed by atoms with Gasteiger partial charge in [0.05, 0.1) is 5.69 Å². The van der Waals surface area contributed by atoms with Crippen molar-refractivity contribution in [3.05, 3.63) is 47.3 Å². The van der Waals surface area contributed by atoms with E-state index in [1.807, 2.05) is 51.1 Å². The van der Waals surface area contributed by atoms with E-state index in [9.17, 15) is 4.79 Å². The minimum absolute atomic E-state index is 0.136. The predicted molar refractivity (Wildman–Crippen MR) is 128 cm³/mol. The lowest BCUT2D eigenvalue weighted by atomic mass is 9.96. The van der Waals surface area contributed by atoms with Gasteiger partial charge in [0.2, 0.25) is 0 Å². The Hall–Kier alpha value is -3.07. The van der Waals surface area contributed by atoms with E-state index in [1.165, 1.54) is 31.0 Å². The fraction of sp³-hybridized carbons (Fsp3) is 0.391. The summed E-state index contributed by atoms with van der Waals surface area (Å²) in [6.45, 7) is 5.89. The Bertz CT molecular complexity index is 1090. The first-order valence-electron chi connectivity index (χ1n) is 11.0. The van der Waals surface area contributed by atoms with Crippen LogP contribution in [0.25, 0.3) is 0 Å². The van der Waals surface area contributed by atoms with Gasteiger partial charge in [-0.15, -0.1) is 0 Å². The molecule has 9 heteroatoms. The van der Waals surface area contributed by atoms with E-state index in [-0.39, 0.29) is 12.1 Å². The lowest BCUT2D eigenvalue weighted by Gasteiger charge is -2.23. The summed E-state index contributed by atoms with van der Waals surface area (Å²) in [4.78, 5) is 22.6. The van der Waals surface area contributed by atoms with Crippen LogP contribution in [0.4, 0.5) is 22.1 Å². The number of carbonyl (C=O) groups excluding carboxylic acids is 1. The Balaban J connectivity index is 1.40. The first-order chi connectivity index (χ1) is 15.4. The number of nitrogens with zero attached hydrogens (tertiary/aromatic N) is 3. The van der Waals surface area contributed by atoms with Crippen LogP contribution in [0, 0.1) is 20.8 Å². The third kappa shape index (κ3) is 6.00. The van der Waals surface area contributed by atoms with Crippen LogP contribution in [0.2, 0.25) is 0 Å². The van der Waals surface area contributed by atoms with Gasteiger partial charge in [-0.3, -0.25) is 5.10 Å². The highest BCUT2D eigenvalue weighted by atomic mass is 32.2. The third-order valence-corrected chi connectivity index (χ3v) is 6.42. The van der Waals surface area contributed by atoms with E-state index in [1.54, 1.807) is 0 Å². The molecule has 1 aliphatic carbocycles. The van der Waals surface area contributed by atoms with Crippen LogP contribution in [0.5, 0.6) is 0 Å². The number of hydrogen-bond acceptors (Lipinski definition) is 6. The van der Waals surface area contributed by atoms with Gasteiger partial charge in [-0.05, 0) is 69.1 Å². The molecule has 0 bridgehead atoms. The molecule has 32 heavy (non-hydrogen) atoms. The van der Waals surface area contributed by atoms with Gasteiger partial charge >= 0.3 is 6.03 Å². The number of rotatable bonds is 6. The molecule has 4 rings (SSSR count). The predicted octanol–water partition coefficient (Wildman–Crippen LogP) is 5.47. The summed E-state index contributed by atoms with van der Waals surface area (Å²) in [5.74, 6) is 1.49. The number of aryl methyl sites for hydroxylation is 3. The number of anilines is 3. The minimum atomic E-state index is -0.136. The highest BCUT2D eigenvalue weighted by Gasteiger charge is 2.16. The lowest BCUT2D eigenvalue weighted by molar-refractivity contribution is 0.244. The lowest BCUT2D eigenvalue weighted by Crippen LogP contribution is -2.39. The number of nitrogens with one attached hydrogen (secondary N) is 4. The number of hydrogen-bond donors (Lipinski definition) is 4. The van der Waals surface area contributed by atoms with Crippen molar-refractivity contribution < 1.29 is 4.79 Å². The monoisotopic (exact) mass is 451 g/mol. The van der Waals surface area contributed by atoms with Gasteiger partial charge in [0.25, 0.3) is 0 Å². The standard InChI is InChI=1S/C23H29N7OS/c1-14-11-18(26-22(31)25-17-7-5-4-6-8-17)9-10-19(14)32-23-24-15(2)12-20(28-23)27-21-13-16(3)29-30-21/h9-13,17H,4-8H2,1-3H3,(H2,25,26,31)(H2,24,27,28,29,30). The molecule has 2 aromatic heterocycles. The van der Waals surface area contributed by atoms with Crippen LogP contribution < -0.4 is 16.0 Å². The summed E-state index contributed by atoms with van der Waals surface area (Å²) in [5, 5.41) is 17.0. The second kappa shape index (κ2) is 10.0. The van der Waals surface area contributed by atoms with Gasteiger partial charge < -0.3 is 16.0 Å². The fourth-order valence-electron chi connectivity index (χ4n) is 3.81. The maximum absolute atomic E-state index is 12.3. The van der Waals surface area contributed by atoms with Crippen LogP contribution in [0.3, 0.4) is 0 Å². The Morgan fingerprint density at radius 3 is 2.56 bits per heavy atom. The van der Waals surface area contributed by atoms with Crippen molar-refractivity contribution in [1.29, 1.82) is 0 Å². The molecule has 168 valence electrons. The SMILES string of the molecule is Cc1cc(Nc2cc(C)nc(Sc3ccc(NC(=O)NC4CCCCC4)cc3C)n2)[nH]n1. The van der Waals surface area contributed by atoms with Gasteiger partial charge in [0.1, 0.15) is 11.6 Å². The Labute approximate surface area is 192 Å². The highest BCUT2D eigenvalue weighted by molar-refractivity contribution is 7.99. The first kappa shape index (κ1) is 22.1. The van der Waals surface area contributed by atoms with Crippen LogP contribution in [0.1, 0.15) is 49.1 Å². The first-order valence-corrected chi connectivity index (χ1v) is 11.8. The second-order valence-electron chi connectivity index (χ2n) is 8.24. The summed E-state index contributed by atoms with van der Waals surface area (Å²) < 4.78 is 0. The molecule has 0 radical (unpaired) electrons. The molecule has 2 heterocycles. The molecule has 4 N–H and O–H groups in total. The number of urea groups is 1. The van der Waals surface area contributed by atoms with Crippen LogP contribution in [0.15, 0.2) is 40.4 Å². The summed E-state index contributed by atoms with van der Waals surface area (Å²) in [6, 6.07) is 9.85. The molecule has 3 aromatic rings. The molecule has 0 aliphatic heterocycles. The summed E-state index contributed by atoms with van der Waals surface area (Å²) in [7, 11) is 0. The smallest absolute Gasteiger partial charge is 0.319 e. The van der Waals surface area contributed by atoms with Gasteiger partial charge in [-0.25, -0.2) is 14.8 Å². The van der Waals surface area contributed by atoms with Gasteiger partial charge in [-0.1, -0.05) is 19.3 Å². The highest BCUT2D eigenvalue weighted by Crippen LogP contribution is 2.31. The topological polar surface area (TPSA) is 108 Å². The van der Waals surface area contributed by atoms with Crippen molar-refractivity contribution in [2.75, 3.05) is 10.6 Å². The zero-order valence-corrected chi connectivity index (χ0v) is 19.5. The molecule has 1 fully saturated rings. The number of carbonyl (C=O) groups is 1. The molecule has 8 nitrogen and oxygen atoms in total. The third-order valence-electron chi connectivity index (χ3n) is 5.38. The number of amides is 2. The molecule has 1 aromatic carbocycles. The summed E-state index contributed by atoms with van der Waals surface area (Å²) >= 11 is 1.50. The van der Waals surface area contributed by atoms with Crippen LogP contribution in [-0.4, -0.2) is 32.2 Å².